The summed E-state index contributed by atoms with van der Waals surface area (Å²) >= 11 is 0. The molecule has 0 aromatic carbocycles. The molecule has 0 aliphatic carbocycles. The highest BCUT2D eigenvalue weighted by molar-refractivity contribution is 5.85. The Bertz CT molecular complexity index is 1170. The largest absolute Gasteiger partial charge is 0.486 e. The number of hydrogen-bond acceptors (Lipinski definition) is 9. The fourth-order valence-corrected chi connectivity index (χ4v) is 4.47. The lowest BCUT2D eigenvalue weighted by atomic mass is 10.0. The van der Waals surface area contributed by atoms with Crippen molar-refractivity contribution in [2.75, 3.05) is 40.0 Å². The quantitative estimate of drug-likeness (QED) is 0.467. The average Bonchev–Trinajstić information content (AvgIpc) is 2.87. The number of methoxy groups -OCH3 is 1. The fourth-order valence-electron chi connectivity index (χ4n) is 4.47. The van der Waals surface area contributed by atoms with Crippen LogP contribution in [0.25, 0.3) is 11.0 Å². The van der Waals surface area contributed by atoms with Crippen LogP contribution in [-0.4, -0.2) is 71.0 Å². The Balaban J connectivity index is 0.00000180. The first kappa shape index (κ1) is 28.1. The van der Waals surface area contributed by atoms with E-state index in [1.807, 2.05) is 6.07 Å². The first-order chi connectivity index (χ1) is 16.6. The van der Waals surface area contributed by atoms with Crippen molar-refractivity contribution in [3.05, 3.63) is 47.7 Å². The number of hydrogen-bond donors (Lipinski definition) is 2. The molecule has 5 heterocycles. The van der Waals surface area contributed by atoms with Crippen molar-refractivity contribution in [2.24, 2.45) is 0 Å². The van der Waals surface area contributed by atoms with Gasteiger partial charge in [-0.25, -0.2) is 9.37 Å². The van der Waals surface area contributed by atoms with Crippen LogP contribution in [0.15, 0.2) is 30.6 Å². The van der Waals surface area contributed by atoms with Crippen molar-refractivity contribution in [1.82, 2.24) is 25.2 Å². The highest BCUT2D eigenvalue weighted by Gasteiger charge is 2.25. The zero-order valence-corrected chi connectivity index (χ0v) is 21.5. The summed E-state index contributed by atoms with van der Waals surface area (Å²) in [4.78, 5) is 15.0. The standard InChI is InChI=1S/C24H28FN5O4.2ClH/c1-32-22-3-2-18-24(29-22)23(17(25)12-28-18)19(31)14-30-6-4-15(5-7-30)26-11-16-10-20-21(13-27-16)34-9-8-33-20;;/h2-3,10,12-13,15,19,26,31H,4-9,11,14H2,1H3;2*1H. The van der Waals surface area contributed by atoms with Gasteiger partial charge in [0.05, 0.1) is 36.8 Å². The maximum absolute atomic E-state index is 14.6. The summed E-state index contributed by atoms with van der Waals surface area (Å²) in [5.41, 5.74) is 1.92. The van der Waals surface area contributed by atoms with E-state index in [0.717, 1.165) is 43.6 Å². The predicted octanol–water partition coefficient (Wildman–Crippen LogP) is 3.07. The zero-order valence-electron chi connectivity index (χ0n) is 19.9. The lowest BCUT2D eigenvalue weighted by Gasteiger charge is -2.33. The van der Waals surface area contributed by atoms with Gasteiger partial charge in [0.25, 0.3) is 0 Å². The predicted molar refractivity (Wildman–Crippen MR) is 137 cm³/mol. The molecule has 0 spiro atoms. The maximum atomic E-state index is 14.6. The van der Waals surface area contributed by atoms with Gasteiger partial charge in [0.15, 0.2) is 11.5 Å². The molecule has 3 aromatic heterocycles. The van der Waals surface area contributed by atoms with Gasteiger partial charge in [-0.15, -0.1) is 24.8 Å². The van der Waals surface area contributed by atoms with Gasteiger partial charge < -0.3 is 29.5 Å². The summed E-state index contributed by atoms with van der Waals surface area (Å²) in [6.45, 7) is 3.66. The minimum atomic E-state index is -1.02. The second-order valence-electron chi connectivity index (χ2n) is 8.53. The maximum Gasteiger partial charge on any atom is 0.213 e. The third kappa shape index (κ3) is 6.24. The number of β-amino-alcohol motifs (C(OH)–C–C–N with tert-alkyl or cyclic N) is 1. The summed E-state index contributed by atoms with van der Waals surface area (Å²) < 4.78 is 30.9. The summed E-state index contributed by atoms with van der Waals surface area (Å²) in [7, 11) is 1.50. The molecule has 9 nitrogen and oxygen atoms in total. The first-order valence-electron chi connectivity index (χ1n) is 11.5. The van der Waals surface area contributed by atoms with E-state index in [9.17, 15) is 9.50 Å². The molecule has 196 valence electrons. The molecule has 0 amide bonds. The van der Waals surface area contributed by atoms with Crippen molar-refractivity contribution in [1.29, 1.82) is 0 Å². The molecule has 2 aliphatic rings. The minimum absolute atomic E-state index is 0. The molecule has 12 heteroatoms. The van der Waals surface area contributed by atoms with E-state index in [1.54, 1.807) is 18.3 Å². The number of pyridine rings is 3. The summed E-state index contributed by atoms with van der Waals surface area (Å²) in [6.07, 6.45) is 3.67. The number of nitrogens with zero attached hydrogens (tertiary/aromatic N) is 4. The highest BCUT2D eigenvalue weighted by atomic mass is 35.5. The number of halogens is 3. The van der Waals surface area contributed by atoms with Crippen LogP contribution >= 0.6 is 24.8 Å². The van der Waals surface area contributed by atoms with Crippen LogP contribution in [0.1, 0.15) is 30.2 Å². The fraction of sp³-hybridized carbons (Fsp3) is 0.458. The van der Waals surface area contributed by atoms with E-state index in [2.05, 4.69) is 25.2 Å². The number of aromatic nitrogens is 3. The Labute approximate surface area is 221 Å². The Morgan fingerprint density at radius 2 is 1.89 bits per heavy atom. The molecule has 36 heavy (non-hydrogen) atoms. The molecule has 5 rings (SSSR count). The average molecular weight is 542 g/mol. The Kier molecular flexibility index (Phi) is 9.86. The molecule has 0 bridgehead atoms. The van der Waals surface area contributed by atoms with Gasteiger partial charge in [0, 0.05) is 36.8 Å². The molecule has 1 atom stereocenters. The molecule has 2 aliphatic heterocycles. The van der Waals surface area contributed by atoms with Crippen LogP contribution in [0.4, 0.5) is 4.39 Å². The third-order valence-electron chi connectivity index (χ3n) is 6.30. The molecule has 0 saturated carbocycles. The van der Waals surface area contributed by atoms with Crippen LogP contribution in [0.3, 0.4) is 0 Å². The van der Waals surface area contributed by atoms with E-state index in [0.29, 0.717) is 55.0 Å². The van der Waals surface area contributed by atoms with Gasteiger partial charge in [0.1, 0.15) is 24.5 Å². The number of likely N-dealkylation sites (tertiary alicyclic amines) is 1. The molecule has 1 unspecified atom stereocenters. The summed E-state index contributed by atoms with van der Waals surface area (Å²) in [6, 6.07) is 5.64. The SMILES string of the molecule is COc1ccc2ncc(F)c(C(O)CN3CCC(NCc4cc5c(cn4)OCCO5)CC3)c2n1.Cl.Cl. The van der Waals surface area contributed by atoms with Crippen LogP contribution in [0, 0.1) is 5.82 Å². The molecular formula is C24H30Cl2FN5O4. The van der Waals surface area contributed by atoms with Crippen LogP contribution in [-0.2, 0) is 6.54 Å². The van der Waals surface area contributed by atoms with Crippen LogP contribution in [0.2, 0.25) is 0 Å². The van der Waals surface area contributed by atoms with Gasteiger partial charge in [-0.05, 0) is 32.0 Å². The van der Waals surface area contributed by atoms with Crippen LogP contribution < -0.4 is 19.5 Å². The second-order valence-corrected chi connectivity index (χ2v) is 8.53. The van der Waals surface area contributed by atoms with Crippen molar-refractivity contribution in [2.45, 2.75) is 31.5 Å². The monoisotopic (exact) mass is 541 g/mol. The lowest BCUT2D eigenvalue weighted by molar-refractivity contribution is 0.0924. The highest BCUT2D eigenvalue weighted by Crippen LogP contribution is 2.30. The normalized spacial score (nSPS) is 16.6. The molecule has 1 saturated heterocycles. The molecular weight excluding hydrogens is 512 g/mol. The Morgan fingerprint density at radius 3 is 2.64 bits per heavy atom. The summed E-state index contributed by atoms with van der Waals surface area (Å²) in [5.74, 6) is 1.22. The van der Waals surface area contributed by atoms with Gasteiger partial charge in [0.2, 0.25) is 5.88 Å². The molecule has 2 N–H and O–H groups in total. The molecule has 3 aromatic rings. The van der Waals surface area contributed by atoms with E-state index in [4.69, 9.17) is 14.2 Å². The van der Waals surface area contributed by atoms with Gasteiger partial charge in [-0.1, -0.05) is 0 Å². The number of nitrogens with one attached hydrogen (secondary N) is 1. The summed E-state index contributed by atoms with van der Waals surface area (Å²) in [5, 5.41) is 14.4. The van der Waals surface area contributed by atoms with E-state index >= 15 is 0 Å². The number of piperidine rings is 1. The number of rotatable bonds is 7. The van der Waals surface area contributed by atoms with Crippen LogP contribution in [0.5, 0.6) is 17.4 Å². The molecule has 1 fully saturated rings. The van der Waals surface area contributed by atoms with E-state index in [1.165, 1.54) is 7.11 Å². The van der Waals surface area contributed by atoms with Crippen molar-refractivity contribution in [3.8, 4) is 17.4 Å². The topological polar surface area (TPSA) is 102 Å². The second kappa shape index (κ2) is 12.6. The van der Waals surface area contributed by atoms with Crippen molar-refractivity contribution < 1.29 is 23.7 Å². The van der Waals surface area contributed by atoms with Gasteiger partial charge in [-0.3, -0.25) is 9.97 Å². The van der Waals surface area contributed by atoms with Gasteiger partial charge in [-0.2, -0.15) is 0 Å². The van der Waals surface area contributed by atoms with Gasteiger partial charge >= 0.3 is 0 Å². The lowest BCUT2D eigenvalue weighted by Crippen LogP contribution is -2.43. The Morgan fingerprint density at radius 1 is 1.14 bits per heavy atom. The number of ether oxygens (including phenoxy) is 3. The van der Waals surface area contributed by atoms with Crippen molar-refractivity contribution in [3.63, 3.8) is 0 Å². The Hall–Kier alpha value is -2.50. The number of aliphatic hydroxyl groups is 1. The first-order valence-corrected chi connectivity index (χ1v) is 11.5. The molecule has 0 radical (unpaired) electrons. The smallest absolute Gasteiger partial charge is 0.213 e. The third-order valence-corrected chi connectivity index (χ3v) is 6.30. The number of fused-ring (bicyclic) bond motifs is 2. The van der Waals surface area contributed by atoms with E-state index in [-0.39, 0.29) is 30.4 Å². The van der Waals surface area contributed by atoms with E-state index < -0.39 is 11.9 Å². The minimum Gasteiger partial charge on any atom is -0.486 e. The number of aliphatic hydroxyl groups excluding tert-OH is 1. The van der Waals surface area contributed by atoms with Crippen molar-refractivity contribution >= 4 is 35.8 Å². The zero-order chi connectivity index (χ0) is 23.5.